The van der Waals surface area contributed by atoms with E-state index in [-0.39, 0.29) is 11.7 Å². The van der Waals surface area contributed by atoms with Crippen LogP contribution in [-0.2, 0) is 4.79 Å². The number of carbonyl (C=O) groups is 1. The lowest BCUT2D eigenvalue weighted by Gasteiger charge is -2.09. The first-order chi connectivity index (χ1) is 9.22. The third-order valence-corrected chi connectivity index (χ3v) is 3.18. The van der Waals surface area contributed by atoms with Crippen LogP contribution >= 0.6 is 0 Å². The Kier molecular flexibility index (Phi) is 4.39. The van der Waals surface area contributed by atoms with Gasteiger partial charge in [-0.2, -0.15) is 0 Å². The maximum atomic E-state index is 11.8. The zero-order chi connectivity index (χ0) is 13.7. The van der Waals surface area contributed by atoms with E-state index in [0.29, 0.717) is 6.42 Å². The number of aromatic hydroxyl groups is 1. The van der Waals surface area contributed by atoms with E-state index in [1.54, 1.807) is 12.1 Å². The predicted octanol–water partition coefficient (Wildman–Crippen LogP) is 4.06. The van der Waals surface area contributed by atoms with Crippen molar-refractivity contribution in [3.8, 4) is 5.75 Å². The fourth-order valence-corrected chi connectivity index (χ4v) is 2.14. The molecule has 0 aliphatic carbocycles. The Morgan fingerprint density at radius 1 is 1.11 bits per heavy atom. The number of hydrogen-bond donors (Lipinski definition) is 2. The van der Waals surface area contributed by atoms with Gasteiger partial charge in [-0.05, 0) is 18.6 Å². The first-order valence-electron chi connectivity index (χ1n) is 6.73. The molecule has 0 spiro atoms. The molecule has 0 saturated heterocycles. The molecule has 0 aliphatic heterocycles. The highest BCUT2D eigenvalue weighted by Crippen LogP contribution is 2.30. The summed E-state index contributed by atoms with van der Waals surface area (Å²) in [7, 11) is 0. The average molecular weight is 257 g/mol. The highest BCUT2D eigenvalue weighted by atomic mass is 16.3. The summed E-state index contributed by atoms with van der Waals surface area (Å²) in [6, 6.07) is 10.9. The fourth-order valence-electron chi connectivity index (χ4n) is 2.14. The van der Waals surface area contributed by atoms with Crippen molar-refractivity contribution in [3.63, 3.8) is 0 Å². The van der Waals surface area contributed by atoms with E-state index in [4.69, 9.17) is 0 Å². The standard InChI is InChI=1S/C16H19NO2/c1-2-3-4-9-16(19)17-14-10-11-15(18)13-8-6-5-7-12(13)14/h5-8,10-11,18H,2-4,9H2,1H3,(H,17,19). The van der Waals surface area contributed by atoms with Crippen LogP contribution in [0.15, 0.2) is 36.4 Å². The van der Waals surface area contributed by atoms with Crippen LogP contribution in [0.5, 0.6) is 5.75 Å². The molecule has 0 radical (unpaired) electrons. The van der Waals surface area contributed by atoms with Crippen molar-refractivity contribution in [2.45, 2.75) is 32.6 Å². The second-order valence-corrected chi connectivity index (χ2v) is 4.68. The molecule has 19 heavy (non-hydrogen) atoms. The van der Waals surface area contributed by atoms with Gasteiger partial charge in [0.25, 0.3) is 0 Å². The molecule has 2 N–H and O–H groups in total. The van der Waals surface area contributed by atoms with Crippen LogP contribution in [0.25, 0.3) is 10.8 Å². The van der Waals surface area contributed by atoms with Gasteiger partial charge in [-0.15, -0.1) is 0 Å². The Hall–Kier alpha value is -2.03. The molecular formula is C16H19NO2. The number of amides is 1. The Morgan fingerprint density at radius 2 is 1.84 bits per heavy atom. The molecule has 3 nitrogen and oxygen atoms in total. The summed E-state index contributed by atoms with van der Waals surface area (Å²) < 4.78 is 0. The van der Waals surface area contributed by atoms with E-state index in [0.717, 1.165) is 35.7 Å². The van der Waals surface area contributed by atoms with Crippen molar-refractivity contribution in [1.82, 2.24) is 0 Å². The zero-order valence-corrected chi connectivity index (χ0v) is 11.1. The molecule has 2 aromatic carbocycles. The van der Waals surface area contributed by atoms with Gasteiger partial charge in [-0.3, -0.25) is 4.79 Å². The molecule has 100 valence electrons. The Bertz CT molecular complexity index is 578. The maximum absolute atomic E-state index is 11.8. The van der Waals surface area contributed by atoms with E-state index in [1.165, 1.54) is 0 Å². The predicted molar refractivity (Wildman–Crippen MR) is 78.4 cm³/mol. The normalized spacial score (nSPS) is 10.6. The number of carbonyl (C=O) groups excluding carboxylic acids is 1. The maximum Gasteiger partial charge on any atom is 0.224 e. The number of phenolic OH excluding ortho intramolecular Hbond substituents is 1. The summed E-state index contributed by atoms with van der Waals surface area (Å²) >= 11 is 0. The fraction of sp³-hybridized carbons (Fsp3) is 0.312. The number of fused-ring (bicyclic) bond motifs is 1. The molecule has 0 fully saturated rings. The Labute approximate surface area is 113 Å². The van der Waals surface area contributed by atoms with Gasteiger partial charge in [0.1, 0.15) is 5.75 Å². The molecule has 0 aliphatic rings. The molecule has 2 rings (SSSR count). The summed E-state index contributed by atoms with van der Waals surface area (Å²) in [6.45, 7) is 2.12. The van der Waals surface area contributed by atoms with Gasteiger partial charge in [-0.1, -0.05) is 44.0 Å². The number of anilines is 1. The van der Waals surface area contributed by atoms with Crippen molar-refractivity contribution in [2.75, 3.05) is 5.32 Å². The van der Waals surface area contributed by atoms with Gasteiger partial charge in [-0.25, -0.2) is 0 Å². The van der Waals surface area contributed by atoms with Crippen molar-refractivity contribution >= 4 is 22.4 Å². The van der Waals surface area contributed by atoms with Crippen molar-refractivity contribution < 1.29 is 9.90 Å². The molecule has 2 aromatic rings. The van der Waals surface area contributed by atoms with Crippen LogP contribution in [0, 0.1) is 0 Å². The lowest BCUT2D eigenvalue weighted by atomic mass is 10.1. The Balaban J connectivity index is 2.17. The van der Waals surface area contributed by atoms with Crippen LogP contribution in [0.1, 0.15) is 32.6 Å². The minimum absolute atomic E-state index is 0.0318. The average Bonchev–Trinajstić information content (AvgIpc) is 2.43. The summed E-state index contributed by atoms with van der Waals surface area (Å²) in [5, 5.41) is 14.3. The molecule has 0 unspecified atom stereocenters. The monoisotopic (exact) mass is 257 g/mol. The number of rotatable bonds is 5. The van der Waals surface area contributed by atoms with Gasteiger partial charge in [0.2, 0.25) is 5.91 Å². The van der Waals surface area contributed by atoms with Crippen molar-refractivity contribution in [2.24, 2.45) is 0 Å². The second kappa shape index (κ2) is 6.23. The number of benzene rings is 2. The molecule has 0 bridgehead atoms. The minimum atomic E-state index is 0.0318. The van der Waals surface area contributed by atoms with Crippen LogP contribution in [0.4, 0.5) is 5.69 Å². The van der Waals surface area contributed by atoms with Gasteiger partial charge in [0, 0.05) is 22.9 Å². The molecule has 3 heteroatoms. The lowest BCUT2D eigenvalue weighted by Crippen LogP contribution is -2.11. The van der Waals surface area contributed by atoms with Gasteiger partial charge in [0.15, 0.2) is 0 Å². The summed E-state index contributed by atoms with van der Waals surface area (Å²) in [6.07, 6.45) is 3.64. The smallest absolute Gasteiger partial charge is 0.224 e. The molecule has 0 aromatic heterocycles. The topological polar surface area (TPSA) is 49.3 Å². The van der Waals surface area contributed by atoms with Crippen LogP contribution in [0.3, 0.4) is 0 Å². The van der Waals surface area contributed by atoms with E-state index in [9.17, 15) is 9.90 Å². The largest absolute Gasteiger partial charge is 0.507 e. The van der Waals surface area contributed by atoms with Crippen LogP contribution in [-0.4, -0.2) is 11.0 Å². The van der Waals surface area contributed by atoms with Crippen LogP contribution < -0.4 is 5.32 Å². The van der Waals surface area contributed by atoms with E-state index in [2.05, 4.69) is 12.2 Å². The summed E-state index contributed by atoms with van der Waals surface area (Å²) in [5.41, 5.74) is 0.759. The second-order valence-electron chi connectivity index (χ2n) is 4.68. The third kappa shape index (κ3) is 3.25. The zero-order valence-electron chi connectivity index (χ0n) is 11.1. The number of phenols is 1. The molecule has 1 amide bonds. The highest BCUT2D eigenvalue weighted by Gasteiger charge is 2.07. The summed E-state index contributed by atoms with van der Waals surface area (Å²) in [4.78, 5) is 11.8. The van der Waals surface area contributed by atoms with Gasteiger partial charge in [0.05, 0.1) is 0 Å². The molecule has 0 saturated carbocycles. The van der Waals surface area contributed by atoms with E-state index in [1.807, 2.05) is 24.3 Å². The van der Waals surface area contributed by atoms with Gasteiger partial charge >= 0.3 is 0 Å². The Morgan fingerprint density at radius 3 is 2.58 bits per heavy atom. The lowest BCUT2D eigenvalue weighted by molar-refractivity contribution is -0.116. The van der Waals surface area contributed by atoms with E-state index < -0.39 is 0 Å². The van der Waals surface area contributed by atoms with Crippen molar-refractivity contribution in [3.05, 3.63) is 36.4 Å². The van der Waals surface area contributed by atoms with Crippen LogP contribution in [0.2, 0.25) is 0 Å². The number of hydrogen-bond acceptors (Lipinski definition) is 2. The minimum Gasteiger partial charge on any atom is -0.507 e. The first kappa shape index (κ1) is 13.4. The summed E-state index contributed by atoms with van der Waals surface area (Å²) in [5.74, 6) is 0.267. The molecule has 0 atom stereocenters. The quantitative estimate of drug-likeness (QED) is 0.626. The van der Waals surface area contributed by atoms with Gasteiger partial charge < -0.3 is 10.4 Å². The highest BCUT2D eigenvalue weighted by molar-refractivity contribution is 6.04. The third-order valence-electron chi connectivity index (χ3n) is 3.18. The first-order valence-corrected chi connectivity index (χ1v) is 6.73. The molecular weight excluding hydrogens is 238 g/mol. The van der Waals surface area contributed by atoms with Crippen molar-refractivity contribution in [1.29, 1.82) is 0 Å². The van der Waals surface area contributed by atoms with E-state index >= 15 is 0 Å². The molecule has 0 heterocycles. The number of unbranched alkanes of at least 4 members (excludes halogenated alkanes) is 2. The SMILES string of the molecule is CCCCCC(=O)Nc1ccc(O)c2ccccc12. The number of nitrogens with one attached hydrogen (secondary N) is 1.